The van der Waals surface area contributed by atoms with Crippen molar-refractivity contribution in [1.82, 2.24) is 24.6 Å². The Balaban J connectivity index is 1.69. The molecule has 0 unspecified atom stereocenters. The number of fused-ring (bicyclic) bond motifs is 1. The van der Waals surface area contributed by atoms with Crippen LogP contribution in [0.1, 0.15) is 48.4 Å². The zero-order chi connectivity index (χ0) is 29.0. The second-order valence-electron chi connectivity index (χ2n) is 9.07. The molecule has 0 radical (unpaired) electrons. The summed E-state index contributed by atoms with van der Waals surface area (Å²) in [7, 11) is 0. The number of aromatic nitrogens is 3. The molecule has 1 aromatic carbocycles. The van der Waals surface area contributed by atoms with Gasteiger partial charge in [0.2, 0.25) is 0 Å². The Labute approximate surface area is 228 Å². The maximum Gasteiger partial charge on any atom is 0.421 e. The topological polar surface area (TPSA) is 118 Å². The smallest absolute Gasteiger partial charge is 0.382 e. The van der Waals surface area contributed by atoms with E-state index in [1.807, 2.05) is 6.92 Å². The molecule has 2 amide bonds. The van der Waals surface area contributed by atoms with Gasteiger partial charge in [0.25, 0.3) is 11.8 Å². The number of hydrogen-bond donors (Lipinski definition) is 2. The summed E-state index contributed by atoms with van der Waals surface area (Å²) in [5.74, 6) is -0.591. The number of aliphatic imine (C=N–C) groups is 1. The lowest BCUT2D eigenvalue weighted by Gasteiger charge is -2.25. The van der Waals surface area contributed by atoms with Gasteiger partial charge in [-0.3, -0.25) is 14.0 Å². The Morgan fingerprint density at radius 1 is 1.27 bits per heavy atom. The zero-order valence-electron chi connectivity index (χ0n) is 21.8. The van der Waals surface area contributed by atoms with Crippen molar-refractivity contribution >= 4 is 29.0 Å². The normalized spacial score (nSPS) is 16.1. The van der Waals surface area contributed by atoms with Gasteiger partial charge >= 0.3 is 6.18 Å². The Kier molecular flexibility index (Phi) is 8.17. The van der Waals surface area contributed by atoms with Crippen LogP contribution in [-0.2, 0) is 4.79 Å². The Morgan fingerprint density at radius 2 is 2.00 bits per heavy atom. The van der Waals surface area contributed by atoms with Crippen molar-refractivity contribution in [2.24, 2.45) is 4.99 Å². The maximum absolute atomic E-state index is 13.2. The number of nitrogen functional groups attached to an aromatic ring is 1. The molecule has 3 aromatic rings. The highest BCUT2D eigenvalue weighted by molar-refractivity contribution is 6.07. The molecular formula is C28H28F3N7O2. The van der Waals surface area contributed by atoms with Gasteiger partial charge in [0.05, 0.1) is 6.04 Å². The molecule has 1 aliphatic heterocycles. The largest absolute Gasteiger partial charge is 0.421 e. The number of carbonyl (C=O) groups is 2. The van der Waals surface area contributed by atoms with Crippen LogP contribution in [0.15, 0.2) is 78.7 Å². The molecule has 0 bridgehead atoms. The summed E-state index contributed by atoms with van der Waals surface area (Å²) in [5.41, 5.74) is 6.60. The first-order chi connectivity index (χ1) is 19.1. The van der Waals surface area contributed by atoms with Gasteiger partial charge in [-0.05, 0) is 31.9 Å². The summed E-state index contributed by atoms with van der Waals surface area (Å²) < 4.78 is 41.3. The molecular weight excluding hydrogens is 523 g/mol. The average Bonchev–Trinajstić information content (AvgIpc) is 3.56. The molecule has 1 atom stereocenters. The summed E-state index contributed by atoms with van der Waals surface area (Å²) in [6, 6.07) is 5.88. The summed E-state index contributed by atoms with van der Waals surface area (Å²) in [4.78, 5) is 39.7. The van der Waals surface area contributed by atoms with E-state index in [4.69, 9.17) is 10.7 Å². The van der Waals surface area contributed by atoms with Crippen molar-refractivity contribution in [1.29, 1.82) is 0 Å². The van der Waals surface area contributed by atoms with Gasteiger partial charge < -0.3 is 16.0 Å². The van der Waals surface area contributed by atoms with Gasteiger partial charge in [0.1, 0.15) is 34.3 Å². The fraction of sp³-hybridized carbons (Fsp3) is 0.250. The zero-order valence-corrected chi connectivity index (χ0v) is 21.8. The first-order valence-corrected chi connectivity index (χ1v) is 12.5. The highest BCUT2D eigenvalue weighted by atomic mass is 19.4. The lowest BCUT2D eigenvalue weighted by molar-refractivity contribution is -0.140. The van der Waals surface area contributed by atoms with E-state index in [0.29, 0.717) is 53.3 Å². The number of likely N-dealkylation sites (tertiary alicyclic amines) is 1. The van der Waals surface area contributed by atoms with Crippen LogP contribution in [0.25, 0.3) is 16.8 Å². The molecule has 0 aliphatic carbocycles. The minimum absolute atomic E-state index is 0.137. The summed E-state index contributed by atoms with van der Waals surface area (Å²) in [6.45, 7) is 8.59. The number of nitrogens with zero attached hydrogens (tertiary/aromatic N) is 5. The summed E-state index contributed by atoms with van der Waals surface area (Å²) in [5, 5.41) is 2.76. The first-order valence-electron chi connectivity index (χ1n) is 12.5. The number of imidazole rings is 1. The molecule has 0 saturated carbocycles. The van der Waals surface area contributed by atoms with Crippen LogP contribution in [0.5, 0.6) is 0 Å². The van der Waals surface area contributed by atoms with E-state index in [-0.39, 0.29) is 18.3 Å². The second-order valence-corrected chi connectivity index (χ2v) is 9.07. The van der Waals surface area contributed by atoms with E-state index in [9.17, 15) is 22.8 Å². The quantitative estimate of drug-likeness (QED) is 0.186. The number of amidine groups is 1. The van der Waals surface area contributed by atoms with Gasteiger partial charge in [0, 0.05) is 42.7 Å². The van der Waals surface area contributed by atoms with Crippen LogP contribution >= 0.6 is 0 Å². The highest BCUT2D eigenvalue weighted by Gasteiger charge is 2.43. The third-order valence-corrected chi connectivity index (χ3v) is 6.42. The van der Waals surface area contributed by atoms with Crippen LogP contribution in [-0.4, -0.2) is 49.6 Å². The molecule has 3 N–H and O–H groups in total. The van der Waals surface area contributed by atoms with Crippen LogP contribution in [0.4, 0.5) is 19.0 Å². The standard InChI is InChI=1S/C28H28F3N7O2/c1-4-7-21(33-13-5-2)35-26(39)19-11-9-18(10-12-19)22-23-24(32)34-14-16-38(23)25(36-22)20-8-6-15-37(20)27(40)17(3)28(29,30)31/h4-5,9-14,16,20H,1,3,6-8,15H2,2H3,(H2,32,34)(H,33,35,39)/b13-5-/t20-/m0/s1. The number of benzene rings is 1. The lowest BCUT2D eigenvalue weighted by Crippen LogP contribution is -2.36. The lowest BCUT2D eigenvalue weighted by atomic mass is 10.1. The van der Waals surface area contributed by atoms with Crippen LogP contribution in [0.3, 0.4) is 0 Å². The van der Waals surface area contributed by atoms with E-state index < -0.39 is 23.7 Å². The molecule has 0 spiro atoms. The Morgan fingerprint density at radius 3 is 2.65 bits per heavy atom. The fourth-order valence-corrected chi connectivity index (χ4v) is 4.52. The number of carbonyl (C=O) groups excluding carboxylic acids is 2. The molecule has 2 aromatic heterocycles. The van der Waals surface area contributed by atoms with E-state index in [1.54, 1.807) is 53.2 Å². The van der Waals surface area contributed by atoms with E-state index in [1.165, 1.54) is 6.20 Å². The highest BCUT2D eigenvalue weighted by Crippen LogP contribution is 2.38. The average molecular weight is 552 g/mol. The van der Waals surface area contributed by atoms with Gasteiger partial charge in [0.15, 0.2) is 0 Å². The predicted octanol–water partition coefficient (Wildman–Crippen LogP) is 5.00. The van der Waals surface area contributed by atoms with Crippen molar-refractivity contribution < 1.29 is 22.8 Å². The van der Waals surface area contributed by atoms with Gasteiger partial charge in [-0.2, -0.15) is 13.2 Å². The number of hydrogen-bond acceptors (Lipinski definition) is 6. The molecule has 208 valence electrons. The van der Waals surface area contributed by atoms with E-state index in [2.05, 4.69) is 28.5 Å². The number of amides is 2. The van der Waals surface area contributed by atoms with Crippen molar-refractivity contribution in [3.63, 3.8) is 0 Å². The van der Waals surface area contributed by atoms with Crippen molar-refractivity contribution in [3.8, 4) is 11.3 Å². The first kappa shape index (κ1) is 28.3. The number of alkyl halides is 3. The molecule has 40 heavy (non-hydrogen) atoms. The van der Waals surface area contributed by atoms with Crippen molar-refractivity contribution in [3.05, 3.63) is 85.1 Å². The fourth-order valence-electron chi connectivity index (χ4n) is 4.52. The molecule has 1 fully saturated rings. The molecule has 3 heterocycles. The Hall–Kier alpha value is -4.74. The molecule has 4 rings (SSSR count). The third kappa shape index (κ3) is 5.65. The minimum atomic E-state index is -4.84. The van der Waals surface area contributed by atoms with Crippen LogP contribution < -0.4 is 11.1 Å². The molecule has 12 heteroatoms. The third-order valence-electron chi connectivity index (χ3n) is 6.42. The predicted molar refractivity (Wildman–Crippen MR) is 146 cm³/mol. The summed E-state index contributed by atoms with van der Waals surface area (Å²) >= 11 is 0. The number of rotatable bonds is 7. The number of nitrogens with two attached hydrogens (primary N) is 1. The number of nitrogens with one attached hydrogen (secondary N) is 1. The number of allylic oxidation sites excluding steroid dienone is 1. The van der Waals surface area contributed by atoms with Gasteiger partial charge in [-0.15, -0.1) is 6.58 Å². The van der Waals surface area contributed by atoms with Crippen molar-refractivity contribution in [2.45, 2.75) is 38.4 Å². The van der Waals surface area contributed by atoms with Crippen LogP contribution in [0.2, 0.25) is 0 Å². The number of anilines is 1. The van der Waals surface area contributed by atoms with E-state index in [0.717, 1.165) is 4.90 Å². The van der Waals surface area contributed by atoms with Gasteiger partial charge in [-0.25, -0.2) is 15.0 Å². The molecule has 9 nitrogen and oxygen atoms in total. The summed E-state index contributed by atoms with van der Waals surface area (Å²) in [6.07, 6.45) is 4.45. The maximum atomic E-state index is 13.2. The van der Waals surface area contributed by atoms with E-state index >= 15 is 0 Å². The number of halogens is 3. The molecule has 1 aliphatic rings. The van der Waals surface area contributed by atoms with Gasteiger partial charge in [-0.1, -0.05) is 30.9 Å². The Bertz CT molecular complexity index is 1520. The monoisotopic (exact) mass is 551 g/mol. The SMILES string of the molecule is C=CCC(=N/C=C\C)NC(=O)c1ccc(-c2nc([C@@H]3CCCN3C(=O)C(=C)C(F)(F)F)n3ccnc(N)c23)cc1. The second kappa shape index (κ2) is 11.6. The minimum Gasteiger partial charge on any atom is -0.382 e. The molecule has 1 saturated heterocycles. The van der Waals surface area contributed by atoms with Crippen molar-refractivity contribution in [2.75, 3.05) is 12.3 Å². The van der Waals surface area contributed by atoms with Crippen LogP contribution in [0, 0.1) is 0 Å².